The summed E-state index contributed by atoms with van der Waals surface area (Å²) in [4.78, 5) is 0. The van der Waals surface area contributed by atoms with Gasteiger partial charge in [0.15, 0.2) is 0 Å². The van der Waals surface area contributed by atoms with Crippen LogP contribution < -0.4 is 11.5 Å². The minimum atomic E-state index is -0.257. The molecule has 0 aromatic heterocycles. The van der Waals surface area contributed by atoms with E-state index in [1.807, 2.05) is 0 Å². The number of halogens is 2. The summed E-state index contributed by atoms with van der Waals surface area (Å²) in [5.74, 6) is -0.246. The molecule has 4 N–H and O–H groups in total. The summed E-state index contributed by atoms with van der Waals surface area (Å²) in [6.07, 6.45) is 2.62. The van der Waals surface area contributed by atoms with Gasteiger partial charge >= 0.3 is 0 Å². The van der Waals surface area contributed by atoms with E-state index in [9.17, 15) is 4.39 Å². The number of hydrogen-bond acceptors (Lipinski definition) is 2. The van der Waals surface area contributed by atoms with E-state index in [0.29, 0.717) is 12.1 Å². The number of nitrogens with two attached hydrogens (primary N) is 2. The lowest BCUT2D eigenvalue weighted by molar-refractivity contribution is 0.541. The first kappa shape index (κ1) is 12.6. The fourth-order valence-corrected chi connectivity index (χ4v) is 2.15. The second kappa shape index (κ2) is 6.20. The van der Waals surface area contributed by atoms with Crippen molar-refractivity contribution in [3.63, 3.8) is 0 Å². The van der Waals surface area contributed by atoms with Gasteiger partial charge in [-0.15, -0.1) is 0 Å². The van der Waals surface area contributed by atoms with Crippen molar-refractivity contribution >= 4 is 15.9 Å². The molecule has 0 bridgehead atoms. The Hall–Kier alpha value is -0.450. The third kappa shape index (κ3) is 3.55. The number of unbranched alkanes of at least 4 members (excludes halogenated alkanes) is 1. The van der Waals surface area contributed by atoms with Crippen LogP contribution in [0.25, 0.3) is 0 Å². The standard InChI is InChI=1S/C11H16BrFN2/c12-8-4-3-5-9(13)11(8)10(15)6-1-2-7-14/h3-5,10H,1-2,6-7,14-15H2/t10-/m0/s1. The first-order valence-corrected chi connectivity index (χ1v) is 5.85. The van der Waals surface area contributed by atoms with Gasteiger partial charge in [0.25, 0.3) is 0 Å². The molecule has 0 aliphatic carbocycles. The van der Waals surface area contributed by atoms with Crippen molar-refractivity contribution in [2.45, 2.75) is 25.3 Å². The predicted octanol–water partition coefficient (Wildman–Crippen LogP) is 2.72. The molecule has 0 aliphatic heterocycles. The fraction of sp³-hybridized carbons (Fsp3) is 0.455. The van der Waals surface area contributed by atoms with Crippen molar-refractivity contribution in [3.05, 3.63) is 34.1 Å². The highest BCUT2D eigenvalue weighted by Gasteiger charge is 2.14. The summed E-state index contributed by atoms with van der Waals surface area (Å²) in [6.45, 7) is 0.658. The van der Waals surface area contributed by atoms with Crippen LogP contribution in [0.2, 0.25) is 0 Å². The molecule has 15 heavy (non-hydrogen) atoms. The molecule has 0 unspecified atom stereocenters. The minimum Gasteiger partial charge on any atom is -0.330 e. The molecule has 4 heteroatoms. The van der Waals surface area contributed by atoms with Gasteiger partial charge in [0.1, 0.15) is 5.82 Å². The Morgan fingerprint density at radius 2 is 2.07 bits per heavy atom. The van der Waals surface area contributed by atoms with Gasteiger partial charge in [-0.25, -0.2) is 4.39 Å². The van der Waals surface area contributed by atoms with Crippen LogP contribution in [0.5, 0.6) is 0 Å². The van der Waals surface area contributed by atoms with Crippen molar-refractivity contribution in [1.82, 2.24) is 0 Å². The summed E-state index contributed by atoms with van der Waals surface area (Å²) in [5.41, 5.74) is 11.9. The van der Waals surface area contributed by atoms with Gasteiger partial charge in [0.05, 0.1) is 0 Å². The van der Waals surface area contributed by atoms with Crippen LogP contribution in [0.4, 0.5) is 4.39 Å². The largest absolute Gasteiger partial charge is 0.330 e. The zero-order chi connectivity index (χ0) is 11.3. The molecule has 0 aliphatic rings. The second-order valence-electron chi connectivity index (χ2n) is 3.53. The third-order valence-corrected chi connectivity index (χ3v) is 3.03. The molecule has 1 aromatic rings. The van der Waals surface area contributed by atoms with E-state index in [0.717, 1.165) is 23.7 Å². The van der Waals surface area contributed by atoms with E-state index in [-0.39, 0.29) is 11.9 Å². The zero-order valence-electron chi connectivity index (χ0n) is 8.55. The lowest BCUT2D eigenvalue weighted by atomic mass is 10.0. The van der Waals surface area contributed by atoms with E-state index in [1.165, 1.54) is 6.07 Å². The highest BCUT2D eigenvalue weighted by molar-refractivity contribution is 9.10. The third-order valence-electron chi connectivity index (χ3n) is 2.34. The van der Waals surface area contributed by atoms with Crippen molar-refractivity contribution in [3.8, 4) is 0 Å². The highest BCUT2D eigenvalue weighted by atomic mass is 79.9. The Kier molecular flexibility index (Phi) is 5.22. The Morgan fingerprint density at radius 3 is 2.67 bits per heavy atom. The molecule has 0 spiro atoms. The maximum atomic E-state index is 13.5. The van der Waals surface area contributed by atoms with Crippen LogP contribution in [0.15, 0.2) is 22.7 Å². The molecule has 0 amide bonds. The maximum absolute atomic E-state index is 13.5. The van der Waals surface area contributed by atoms with Gasteiger partial charge in [-0.3, -0.25) is 0 Å². The van der Waals surface area contributed by atoms with E-state index in [1.54, 1.807) is 12.1 Å². The molecule has 0 saturated carbocycles. The quantitative estimate of drug-likeness (QED) is 0.812. The number of rotatable bonds is 5. The predicted molar refractivity (Wildman–Crippen MR) is 63.9 cm³/mol. The molecule has 2 nitrogen and oxygen atoms in total. The monoisotopic (exact) mass is 274 g/mol. The van der Waals surface area contributed by atoms with E-state index >= 15 is 0 Å². The SMILES string of the molecule is NCCCC[C@H](N)c1c(F)cccc1Br. The van der Waals surface area contributed by atoms with Crippen molar-refractivity contribution in [2.24, 2.45) is 11.5 Å². The van der Waals surface area contributed by atoms with Crippen molar-refractivity contribution in [2.75, 3.05) is 6.54 Å². The van der Waals surface area contributed by atoms with E-state index < -0.39 is 0 Å². The summed E-state index contributed by atoms with van der Waals surface area (Å²) in [5, 5.41) is 0. The Morgan fingerprint density at radius 1 is 1.33 bits per heavy atom. The van der Waals surface area contributed by atoms with Crippen molar-refractivity contribution < 1.29 is 4.39 Å². The lowest BCUT2D eigenvalue weighted by Gasteiger charge is -2.14. The molecule has 1 aromatic carbocycles. The molecular weight excluding hydrogens is 259 g/mol. The minimum absolute atomic E-state index is 0.246. The summed E-state index contributed by atoms with van der Waals surface area (Å²) >= 11 is 3.31. The zero-order valence-corrected chi connectivity index (χ0v) is 10.1. The maximum Gasteiger partial charge on any atom is 0.129 e. The lowest BCUT2D eigenvalue weighted by Crippen LogP contribution is -2.13. The first-order chi connectivity index (χ1) is 7.16. The van der Waals surface area contributed by atoms with Gasteiger partial charge in [-0.05, 0) is 31.5 Å². The van der Waals surface area contributed by atoms with Gasteiger partial charge in [0.2, 0.25) is 0 Å². The summed E-state index contributed by atoms with van der Waals surface area (Å²) in [7, 11) is 0. The van der Waals surface area contributed by atoms with E-state index in [4.69, 9.17) is 11.5 Å². The second-order valence-corrected chi connectivity index (χ2v) is 4.38. The highest BCUT2D eigenvalue weighted by Crippen LogP contribution is 2.27. The van der Waals surface area contributed by atoms with Gasteiger partial charge in [-0.2, -0.15) is 0 Å². The number of hydrogen-bond donors (Lipinski definition) is 2. The van der Waals surface area contributed by atoms with Crippen LogP contribution in [0.1, 0.15) is 30.9 Å². The molecule has 1 rings (SSSR count). The molecule has 1 atom stereocenters. The molecule has 84 valence electrons. The average Bonchev–Trinajstić information content (AvgIpc) is 2.18. The smallest absolute Gasteiger partial charge is 0.129 e. The van der Waals surface area contributed by atoms with Crippen LogP contribution in [0.3, 0.4) is 0 Å². The molecular formula is C11H16BrFN2. The topological polar surface area (TPSA) is 52.0 Å². The van der Waals surface area contributed by atoms with Crippen LogP contribution in [0, 0.1) is 5.82 Å². The van der Waals surface area contributed by atoms with Crippen LogP contribution >= 0.6 is 15.9 Å². The van der Waals surface area contributed by atoms with Crippen LogP contribution in [-0.2, 0) is 0 Å². The number of benzene rings is 1. The van der Waals surface area contributed by atoms with Crippen LogP contribution in [-0.4, -0.2) is 6.54 Å². The molecule has 0 heterocycles. The van der Waals surface area contributed by atoms with E-state index in [2.05, 4.69) is 15.9 Å². The Balaban J connectivity index is 2.68. The van der Waals surface area contributed by atoms with Gasteiger partial charge < -0.3 is 11.5 Å². The van der Waals surface area contributed by atoms with Crippen molar-refractivity contribution in [1.29, 1.82) is 0 Å². The average molecular weight is 275 g/mol. The van der Waals surface area contributed by atoms with Gasteiger partial charge in [-0.1, -0.05) is 28.4 Å². The Bertz CT molecular complexity index is 297. The molecule has 0 saturated heterocycles. The van der Waals surface area contributed by atoms with Gasteiger partial charge in [0, 0.05) is 16.1 Å². The Labute approximate surface area is 98.0 Å². The molecule has 0 fully saturated rings. The normalized spacial score (nSPS) is 12.8. The first-order valence-electron chi connectivity index (χ1n) is 5.06. The summed E-state index contributed by atoms with van der Waals surface area (Å²) < 4.78 is 14.2. The molecule has 0 radical (unpaired) electrons. The summed E-state index contributed by atoms with van der Waals surface area (Å²) in [6, 6.07) is 4.65. The fourth-order valence-electron chi connectivity index (χ4n) is 1.52.